The second-order valence-electron chi connectivity index (χ2n) is 8.58. The van der Waals surface area contributed by atoms with E-state index in [4.69, 9.17) is 4.74 Å². The quantitative estimate of drug-likeness (QED) is 0.887. The van der Waals surface area contributed by atoms with Crippen molar-refractivity contribution in [1.82, 2.24) is 20.0 Å². The first-order valence-electron chi connectivity index (χ1n) is 9.50. The van der Waals surface area contributed by atoms with E-state index in [9.17, 15) is 4.79 Å². The van der Waals surface area contributed by atoms with Crippen molar-refractivity contribution < 1.29 is 9.53 Å². The lowest BCUT2D eigenvalue weighted by atomic mass is 10.1. The monoisotopic (exact) mass is 348 g/mol. The molecule has 2 heterocycles. The van der Waals surface area contributed by atoms with Crippen LogP contribution in [0, 0.1) is 0 Å². The lowest BCUT2D eigenvalue weighted by Crippen LogP contribution is -2.47. The zero-order valence-electron chi connectivity index (χ0n) is 16.2. The number of hydrogen-bond donors (Lipinski definition) is 1. The van der Waals surface area contributed by atoms with E-state index < -0.39 is 0 Å². The largest absolute Gasteiger partial charge is 0.373 e. The summed E-state index contributed by atoms with van der Waals surface area (Å²) in [5, 5.41) is 7.63. The Bertz CT molecular complexity index is 605. The molecule has 2 aliphatic rings. The Morgan fingerprint density at radius 2 is 1.92 bits per heavy atom. The molecule has 1 N–H and O–H groups in total. The lowest BCUT2D eigenvalue weighted by molar-refractivity contribution is -0.0672. The summed E-state index contributed by atoms with van der Waals surface area (Å²) < 4.78 is 7.78. The van der Waals surface area contributed by atoms with Gasteiger partial charge in [-0.1, -0.05) is 0 Å². The van der Waals surface area contributed by atoms with Crippen LogP contribution in [0.25, 0.3) is 0 Å². The molecule has 1 saturated carbocycles. The van der Waals surface area contributed by atoms with Gasteiger partial charge in [0, 0.05) is 37.8 Å². The van der Waals surface area contributed by atoms with Crippen molar-refractivity contribution in [3.8, 4) is 0 Å². The van der Waals surface area contributed by atoms with Crippen LogP contribution < -0.4 is 5.32 Å². The van der Waals surface area contributed by atoms with E-state index in [1.54, 1.807) is 0 Å². The second-order valence-corrected chi connectivity index (χ2v) is 8.58. The highest BCUT2D eigenvalue weighted by molar-refractivity contribution is 5.92. The molecule has 6 heteroatoms. The van der Waals surface area contributed by atoms with Gasteiger partial charge in [-0.3, -0.25) is 14.4 Å². The van der Waals surface area contributed by atoms with Crippen LogP contribution in [0.5, 0.6) is 0 Å². The minimum absolute atomic E-state index is 0.0701. The van der Waals surface area contributed by atoms with Crippen molar-refractivity contribution in [2.75, 3.05) is 26.2 Å². The Kier molecular flexibility index (Phi) is 5.21. The van der Waals surface area contributed by atoms with Gasteiger partial charge in [-0.15, -0.1) is 0 Å². The zero-order chi connectivity index (χ0) is 18.2. The fourth-order valence-electron chi connectivity index (χ4n) is 3.60. The maximum absolute atomic E-state index is 12.5. The molecule has 3 rings (SSSR count). The van der Waals surface area contributed by atoms with E-state index in [-0.39, 0.29) is 23.7 Å². The van der Waals surface area contributed by atoms with Gasteiger partial charge in [0.2, 0.25) is 0 Å². The van der Waals surface area contributed by atoms with Crippen molar-refractivity contribution in [1.29, 1.82) is 0 Å². The van der Waals surface area contributed by atoms with Crippen molar-refractivity contribution in [2.24, 2.45) is 0 Å². The van der Waals surface area contributed by atoms with Crippen LogP contribution in [0.3, 0.4) is 0 Å². The van der Waals surface area contributed by atoms with E-state index in [0.29, 0.717) is 18.2 Å². The highest BCUT2D eigenvalue weighted by atomic mass is 16.5. The van der Waals surface area contributed by atoms with E-state index in [2.05, 4.69) is 49.9 Å². The number of carbonyl (C=O) groups is 1. The molecular weight excluding hydrogens is 316 g/mol. The fraction of sp³-hybridized carbons (Fsp3) is 0.789. The van der Waals surface area contributed by atoms with E-state index in [1.807, 2.05) is 10.7 Å². The van der Waals surface area contributed by atoms with E-state index in [1.165, 1.54) is 18.5 Å². The summed E-state index contributed by atoms with van der Waals surface area (Å²) >= 11 is 0. The molecule has 1 amide bonds. The maximum Gasteiger partial charge on any atom is 0.271 e. The van der Waals surface area contributed by atoms with E-state index in [0.717, 1.165) is 19.6 Å². The molecule has 1 aromatic rings. The summed E-state index contributed by atoms with van der Waals surface area (Å²) in [6.45, 7) is 13.9. The predicted octanol–water partition coefficient (Wildman–Crippen LogP) is 2.35. The van der Waals surface area contributed by atoms with Crippen molar-refractivity contribution in [2.45, 2.75) is 71.1 Å². The fourth-order valence-corrected chi connectivity index (χ4v) is 3.60. The average Bonchev–Trinajstić information content (AvgIpc) is 3.23. The minimum Gasteiger partial charge on any atom is -0.373 e. The summed E-state index contributed by atoms with van der Waals surface area (Å²) in [6, 6.07) is 1.98. The first-order chi connectivity index (χ1) is 11.7. The molecule has 25 heavy (non-hydrogen) atoms. The van der Waals surface area contributed by atoms with Crippen molar-refractivity contribution in [3.63, 3.8) is 0 Å². The van der Waals surface area contributed by atoms with Crippen LogP contribution in [-0.2, 0) is 10.3 Å². The summed E-state index contributed by atoms with van der Waals surface area (Å²) in [6.07, 6.45) is 2.91. The lowest BCUT2D eigenvalue weighted by Gasteiger charge is -2.35. The molecule has 0 unspecified atom stereocenters. The summed E-state index contributed by atoms with van der Waals surface area (Å²) in [7, 11) is 0. The molecule has 2 atom stereocenters. The van der Waals surface area contributed by atoms with Crippen LogP contribution in [0.2, 0.25) is 0 Å². The first-order valence-corrected chi connectivity index (χ1v) is 9.50. The van der Waals surface area contributed by atoms with Gasteiger partial charge < -0.3 is 10.1 Å². The van der Waals surface area contributed by atoms with Crippen LogP contribution in [0.1, 0.15) is 69.6 Å². The molecule has 1 aliphatic heterocycles. The number of carbonyl (C=O) groups excluding carboxylic acids is 1. The molecule has 0 spiro atoms. The number of ether oxygens (including phenoxy) is 1. The van der Waals surface area contributed by atoms with Crippen LogP contribution in [-0.4, -0.2) is 59.0 Å². The van der Waals surface area contributed by atoms with Gasteiger partial charge in [-0.05, 0) is 53.5 Å². The Morgan fingerprint density at radius 3 is 2.48 bits per heavy atom. The number of aromatic nitrogens is 2. The van der Waals surface area contributed by atoms with Crippen LogP contribution in [0.4, 0.5) is 0 Å². The molecule has 0 radical (unpaired) electrons. The molecule has 2 fully saturated rings. The van der Waals surface area contributed by atoms with Gasteiger partial charge >= 0.3 is 0 Å². The maximum atomic E-state index is 12.5. The molecule has 1 saturated heterocycles. The zero-order valence-corrected chi connectivity index (χ0v) is 16.2. The second kappa shape index (κ2) is 7.08. The number of morpholine rings is 1. The van der Waals surface area contributed by atoms with Gasteiger partial charge in [0.05, 0.1) is 17.7 Å². The predicted molar refractivity (Wildman–Crippen MR) is 98.0 cm³/mol. The Hall–Kier alpha value is -1.40. The minimum atomic E-state index is -0.101. The highest BCUT2D eigenvalue weighted by Gasteiger charge is 2.32. The average molecular weight is 348 g/mol. The molecule has 0 bridgehead atoms. The normalized spacial score (nSPS) is 25.2. The highest BCUT2D eigenvalue weighted by Crippen LogP contribution is 2.41. The van der Waals surface area contributed by atoms with Gasteiger partial charge in [-0.2, -0.15) is 5.10 Å². The Balaban J connectivity index is 1.56. The number of nitrogens with one attached hydrogen (secondary N) is 1. The number of hydrogen-bond acceptors (Lipinski definition) is 4. The third-order valence-corrected chi connectivity index (χ3v) is 4.81. The van der Waals surface area contributed by atoms with Crippen molar-refractivity contribution in [3.05, 3.63) is 17.5 Å². The van der Waals surface area contributed by atoms with Crippen LogP contribution in [0.15, 0.2) is 6.07 Å². The Morgan fingerprint density at radius 1 is 1.28 bits per heavy atom. The standard InChI is InChI=1S/C19H32N4O2/c1-13-11-22(12-14(2)25-13)9-8-20-18(24)16-10-17(15-6-7-15)23(21-16)19(3,4)5/h10,13-15H,6-9,11-12H2,1-5H3,(H,20,24)/t13-,14-/m0/s1. The first kappa shape index (κ1) is 18.4. The summed E-state index contributed by atoms with van der Waals surface area (Å²) in [4.78, 5) is 14.9. The third kappa shape index (κ3) is 4.61. The topological polar surface area (TPSA) is 59.4 Å². The van der Waals surface area contributed by atoms with E-state index >= 15 is 0 Å². The number of rotatable bonds is 5. The molecule has 1 aromatic heterocycles. The molecule has 140 valence electrons. The number of nitrogens with zero attached hydrogens (tertiary/aromatic N) is 3. The summed E-state index contributed by atoms with van der Waals surface area (Å²) in [5.41, 5.74) is 1.64. The van der Waals surface area contributed by atoms with Crippen molar-refractivity contribution >= 4 is 5.91 Å². The Labute approximate surface area is 150 Å². The number of amides is 1. The molecule has 1 aliphatic carbocycles. The molecule has 0 aromatic carbocycles. The van der Waals surface area contributed by atoms with Gasteiger partial charge in [0.1, 0.15) is 5.69 Å². The third-order valence-electron chi connectivity index (χ3n) is 4.81. The molecular formula is C19H32N4O2. The van der Waals surface area contributed by atoms with Gasteiger partial charge in [-0.25, -0.2) is 0 Å². The van der Waals surface area contributed by atoms with Crippen LogP contribution >= 0.6 is 0 Å². The van der Waals surface area contributed by atoms with Gasteiger partial charge in [0.25, 0.3) is 5.91 Å². The summed E-state index contributed by atoms with van der Waals surface area (Å²) in [5.74, 6) is 0.504. The smallest absolute Gasteiger partial charge is 0.271 e. The van der Waals surface area contributed by atoms with Gasteiger partial charge in [0.15, 0.2) is 0 Å². The molecule has 6 nitrogen and oxygen atoms in total. The SMILES string of the molecule is C[C@H]1CN(CCNC(=O)c2cc(C3CC3)n(C(C)(C)C)n2)C[C@H](C)O1.